The summed E-state index contributed by atoms with van der Waals surface area (Å²) >= 11 is 0. The number of esters is 2. The Kier molecular flexibility index (Phi) is 8.09. The van der Waals surface area contributed by atoms with Crippen LogP contribution in [0.15, 0.2) is 54.7 Å². The lowest BCUT2D eigenvalue weighted by molar-refractivity contribution is -0.292. The molecule has 1 aromatic rings. The molecular formula is C41H51NO5. The van der Waals surface area contributed by atoms with Crippen LogP contribution in [0.25, 0.3) is 0 Å². The largest absolute Gasteiger partial charge is 0.453 e. The molecule has 47 heavy (non-hydrogen) atoms. The third-order valence-corrected chi connectivity index (χ3v) is 13.8. The topological polar surface area (TPSA) is 95.7 Å². The fourth-order valence-corrected chi connectivity index (χ4v) is 11.9. The minimum absolute atomic E-state index is 0.000584. The number of fused-ring (bicyclic) bond motifs is 3. The lowest BCUT2D eigenvalue weighted by atomic mass is 9.31. The van der Waals surface area contributed by atoms with E-state index in [1.54, 1.807) is 0 Å². The van der Waals surface area contributed by atoms with E-state index in [4.69, 9.17) is 15.2 Å². The molecule has 0 radical (unpaired) electrons. The zero-order chi connectivity index (χ0) is 32.2. The molecular weight excluding hydrogens is 586 g/mol. The number of nitrogens with two attached hydrogens (primary N) is 1. The van der Waals surface area contributed by atoms with Crippen molar-refractivity contribution in [3.63, 3.8) is 0 Å². The van der Waals surface area contributed by atoms with Gasteiger partial charge >= 0.3 is 11.9 Å². The number of allylic oxidation sites excluding steroid dienone is 5. The van der Waals surface area contributed by atoms with Gasteiger partial charge in [-0.1, -0.05) is 86.8 Å². The number of ketones is 1. The van der Waals surface area contributed by atoms with Crippen molar-refractivity contribution in [1.29, 1.82) is 0 Å². The number of rotatable bonds is 11. The van der Waals surface area contributed by atoms with Gasteiger partial charge in [0, 0.05) is 17.9 Å². The molecule has 4 fully saturated rings. The zero-order valence-corrected chi connectivity index (χ0v) is 27.8. The Balaban J connectivity index is 1.14. The number of Topliss-reactive ketones (excluding diaryl/α,β-unsaturated/α-hetero) is 1. The van der Waals surface area contributed by atoms with Crippen LogP contribution in [0, 0.1) is 40.4 Å². The van der Waals surface area contributed by atoms with E-state index in [1.165, 1.54) is 44.9 Å². The fourth-order valence-electron chi connectivity index (χ4n) is 11.9. The third kappa shape index (κ3) is 4.41. The van der Waals surface area contributed by atoms with E-state index in [9.17, 15) is 14.4 Å². The lowest BCUT2D eigenvalue weighted by Gasteiger charge is -2.69. The quantitative estimate of drug-likeness (QED) is 0.197. The standard InChI is InChI=1S/C41H51NO5/c42-26-10-18-30-17-8-20-32-35(30)37(44)47-41(32)34(23-22-27-11-1-2-12-27)39-24-5-6-25-40(39,41)36(46-38(39)45)33(43)21-9-16-29-15-7-14-28-13-3-4-19-31(28)29/h3-5,8,13,17,19-20,24,27-29,31,34,36H,1-2,6-7,9-12,14-16,18,21-23,25-26,42H2. The van der Waals surface area contributed by atoms with Crippen molar-refractivity contribution in [3.8, 4) is 0 Å². The van der Waals surface area contributed by atoms with Crippen LogP contribution in [0.3, 0.4) is 0 Å². The molecule has 1 saturated heterocycles. The SMILES string of the molecule is NCCCc1cccc2c1C(=O)OC21C(CCC2CCCC2)C23C=CCCC21C(C(=O)CCCC1CCCC2C=CC=CC21)OC3=O. The molecule has 7 aliphatic rings. The first-order chi connectivity index (χ1) is 23.0. The van der Waals surface area contributed by atoms with Gasteiger partial charge in [-0.15, -0.1) is 0 Å². The first kappa shape index (κ1) is 31.3. The average molecular weight is 638 g/mol. The summed E-state index contributed by atoms with van der Waals surface area (Å²) in [5.41, 5.74) is 5.43. The molecule has 8 rings (SSSR count). The van der Waals surface area contributed by atoms with Gasteiger partial charge in [-0.25, -0.2) is 4.79 Å². The van der Waals surface area contributed by atoms with Crippen molar-refractivity contribution in [2.75, 3.05) is 6.54 Å². The van der Waals surface area contributed by atoms with Gasteiger partial charge in [0.1, 0.15) is 5.41 Å². The minimum atomic E-state index is -1.05. The molecule has 3 saturated carbocycles. The van der Waals surface area contributed by atoms with Crippen molar-refractivity contribution >= 4 is 17.7 Å². The maximum Gasteiger partial charge on any atom is 0.339 e. The molecule has 8 atom stereocenters. The Morgan fingerprint density at radius 1 is 0.957 bits per heavy atom. The van der Waals surface area contributed by atoms with Crippen LogP contribution >= 0.6 is 0 Å². The van der Waals surface area contributed by atoms with Crippen LogP contribution < -0.4 is 5.73 Å². The van der Waals surface area contributed by atoms with Crippen molar-refractivity contribution in [2.24, 2.45) is 46.2 Å². The number of ether oxygens (including phenoxy) is 2. The molecule has 8 unspecified atom stereocenters. The fraction of sp³-hybridized carbons (Fsp3) is 0.634. The molecule has 6 nitrogen and oxygen atoms in total. The summed E-state index contributed by atoms with van der Waals surface area (Å²) in [6.45, 7) is 0.542. The average Bonchev–Trinajstić information content (AvgIpc) is 3.79. The summed E-state index contributed by atoms with van der Waals surface area (Å²) in [5.74, 6) is 1.52. The summed E-state index contributed by atoms with van der Waals surface area (Å²) < 4.78 is 13.1. The summed E-state index contributed by atoms with van der Waals surface area (Å²) in [4.78, 5) is 42.9. The van der Waals surface area contributed by atoms with Gasteiger partial charge in [-0.3, -0.25) is 9.59 Å². The predicted octanol–water partition coefficient (Wildman–Crippen LogP) is 7.69. The number of hydrogen-bond donors (Lipinski definition) is 1. The third-order valence-electron chi connectivity index (χ3n) is 13.8. The molecule has 2 N–H and O–H groups in total. The Hall–Kier alpha value is -2.99. The molecule has 1 spiro atoms. The predicted molar refractivity (Wildman–Crippen MR) is 180 cm³/mol. The summed E-state index contributed by atoms with van der Waals surface area (Å²) in [7, 11) is 0. The smallest absolute Gasteiger partial charge is 0.339 e. The summed E-state index contributed by atoms with van der Waals surface area (Å²) in [6, 6.07) is 6.08. The first-order valence-corrected chi connectivity index (χ1v) is 18.8. The zero-order valence-electron chi connectivity index (χ0n) is 27.8. The molecule has 5 aliphatic carbocycles. The van der Waals surface area contributed by atoms with E-state index in [0.717, 1.165) is 49.7 Å². The number of aryl methyl sites for hydroxylation is 1. The highest BCUT2D eigenvalue weighted by Gasteiger charge is 2.92. The summed E-state index contributed by atoms with van der Waals surface area (Å²) in [5, 5.41) is 0. The van der Waals surface area contributed by atoms with E-state index in [2.05, 4.69) is 36.5 Å². The van der Waals surface area contributed by atoms with Crippen LogP contribution in [0.4, 0.5) is 0 Å². The second-order valence-electron chi connectivity index (χ2n) is 15.8. The molecule has 0 amide bonds. The second kappa shape index (κ2) is 12.2. The van der Waals surface area contributed by atoms with Gasteiger partial charge in [0.2, 0.25) is 0 Å². The molecule has 0 aromatic heterocycles. The number of carbonyl (C=O) groups excluding carboxylic acids is 3. The van der Waals surface area contributed by atoms with Crippen LogP contribution in [-0.2, 0) is 31.1 Å². The maximum absolute atomic E-state index is 14.5. The van der Waals surface area contributed by atoms with E-state index in [1.807, 2.05) is 18.2 Å². The number of benzene rings is 1. The Morgan fingerprint density at radius 2 is 1.81 bits per heavy atom. The number of cyclic esters (lactones) is 1. The van der Waals surface area contributed by atoms with Crippen LogP contribution in [0.1, 0.15) is 118 Å². The van der Waals surface area contributed by atoms with Crippen LogP contribution in [0.2, 0.25) is 0 Å². The van der Waals surface area contributed by atoms with Gasteiger partial charge < -0.3 is 15.2 Å². The molecule has 0 bridgehead atoms. The molecule has 250 valence electrons. The van der Waals surface area contributed by atoms with Crippen molar-refractivity contribution in [2.45, 2.75) is 114 Å². The van der Waals surface area contributed by atoms with E-state index in [-0.39, 0.29) is 23.6 Å². The highest BCUT2D eigenvalue weighted by molar-refractivity contribution is 6.01. The van der Waals surface area contributed by atoms with Gasteiger partial charge in [0.05, 0.1) is 11.0 Å². The van der Waals surface area contributed by atoms with Gasteiger partial charge in [-0.2, -0.15) is 0 Å². The first-order valence-electron chi connectivity index (χ1n) is 18.8. The Labute approximate surface area is 279 Å². The van der Waals surface area contributed by atoms with Gasteiger partial charge in [-0.05, 0) is 100.0 Å². The van der Waals surface area contributed by atoms with Gasteiger partial charge in [0.15, 0.2) is 17.5 Å². The van der Waals surface area contributed by atoms with Gasteiger partial charge in [0.25, 0.3) is 0 Å². The second-order valence-corrected chi connectivity index (χ2v) is 15.8. The van der Waals surface area contributed by atoms with Crippen LogP contribution in [-0.4, -0.2) is 30.4 Å². The van der Waals surface area contributed by atoms with Crippen molar-refractivity contribution in [3.05, 3.63) is 71.3 Å². The minimum Gasteiger partial charge on any atom is -0.453 e. The number of carbonyl (C=O) groups is 3. The van der Waals surface area contributed by atoms with Crippen LogP contribution in [0.5, 0.6) is 0 Å². The normalized spacial score (nSPS) is 38.0. The van der Waals surface area contributed by atoms with E-state index >= 15 is 0 Å². The molecule has 6 heteroatoms. The van der Waals surface area contributed by atoms with E-state index < -0.39 is 22.5 Å². The van der Waals surface area contributed by atoms with E-state index in [0.29, 0.717) is 55.0 Å². The van der Waals surface area contributed by atoms with Crippen molar-refractivity contribution < 1.29 is 23.9 Å². The molecule has 1 aromatic carbocycles. The Morgan fingerprint density at radius 3 is 2.66 bits per heavy atom. The highest BCUT2D eigenvalue weighted by atomic mass is 16.6. The molecule has 2 heterocycles. The lowest BCUT2D eigenvalue weighted by Crippen LogP contribution is -2.77. The summed E-state index contributed by atoms with van der Waals surface area (Å²) in [6.07, 6.45) is 27.7. The number of hydrogen-bond acceptors (Lipinski definition) is 6. The molecule has 2 aliphatic heterocycles. The maximum atomic E-state index is 14.5. The highest BCUT2D eigenvalue weighted by Crippen LogP contribution is 2.83. The van der Waals surface area contributed by atoms with Crippen molar-refractivity contribution in [1.82, 2.24) is 0 Å². The monoisotopic (exact) mass is 637 g/mol. The Bertz CT molecular complexity index is 1520.